The van der Waals surface area contributed by atoms with Gasteiger partial charge in [0.15, 0.2) is 5.78 Å². The molecule has 0 spiro atoms. The van der Waals surface area contributed by atoms with Gasteiger partial charge in [0, 0.05) is 24.9 Å². The van der Waals surface area contributed by atoms with E-state index in [9.17, 15) is 14.0 Å². The summed E-state index contributed by atoms with van der Waals surface area (Å²) in [6.45, 7) is 2.62. The number of amides is 1. The van der Waals surface area contributed by atoms with Crippen LogP contribution in [0.5, 0.6) is 0 Å². The highest BCUT2D eigenvalue weighted by Gasteiger charge is 2.23. The van der Waals surface area contributed by atoms with Crippen molar-refractivity contribution in [2.45, 2.75) is 31.7 Å². The zero-order valence-electron chi connectivity index (χ0n) is 15.4. The highest BCUT2D eigenvalue weighted by Crippen LogP contribution is 2.24. The van der Waals surface area contributed by atoms with Crippen LogP contribution in [0.25, 0.3) is 0 Å². The van der Waals surface area contributed by atoms with E-state index in [1.165, 1.54) is 42.7 Å². The zero-order chi connectivity index (χ0) is 19.1. The largest absolute Gasteiger partial charge is 0.354 e. The van der Waals surface area contributed by atoms with Crippen LogP contribution in [0.4, 0.5) is 4.39 Å². The number of rotatable bonds is 8. The molecule has 1 atom stereocenters. The standard InChI is InChI=1S/C22H25FN2O2/c23-19-10-8-18(9-11-19)21(26)12-13-22(27)24-16-20(25-14-4-5-15-25)17-6-2-1-3-7-17/h1-3,6-11,20H,4-5,12-16H2,(H,24,27). The van der Waals surface area contributed by atoms with Crippen molar-refractivity contribution in [3.05, 3.63) is 71.5 Å². The molecule has 27 heavy (non-hydrogen) atoms. The van der Waals surface area contributed by atoms with Crippen molar-refractivity contribution < 1.29 is 14.0 Å². The summed E-state index contributed by atoms with van der Waals surface area (Å²) in [5.41, 5.74) is 1.63. The lowest BCUT2D eigenvalue weighted by Crippen LogP contribution is -2.36. The van der Waals surface area contributed by atoms with Crippen LogP contribution in [0.3, 0.4) is 0 Å². The summed E-state index contributed by atoms with van der Waals surface area (Å²) < 4.78 is 12.9. The van der Waals surface area contributed by atoms with Crippen LogP contribution in [0.2, 0.25) is 0 Å². The van der Waals surface area contributed by atoms with Gasteiger partial charge in [-0.15, -0.1) is 0 Å². The number of nitrogens with zero attached hydrogens (tertiary/aromatic N) is 1. The van der Waals surface area contributed by atoms with Gasteiger partial charge in [-0.1, -0.05) is 30.3 Å². The summed E-state index contributed by atoms with van der Waals surface area (Å²) in [4.78, 5) is 26.8. The Morgan fingerprint density at radius 1 is 0.963 bits per heavy atom. The molecule has 0 bridgehead atoms. The number of ketones is 1. The Morgan fingerprint density at radius 2 is 1.63 bits per heavy atom. The van der Waals surface area contributed by atoms with Crippen molar-refractivity contribution in [3.8, 4) is 0 Å². The van der Waals surface area contributed by atoms with Crippen LogP contribution >= 0.6 is 0 Å². The molecule has 142 valence electrons. The molecule has 1 fully saturated rings. The van der Waals surface area contributed by atoms with Gasteiger partial charge in [0.2, 0.25) is 5.91 Å². The predicted octanol–water partition coefficient (Wildman–Crippen LogP) is 3.74. The van der Waals surface area contributed by atoms with Gasteiger partial charge in [-0.3, -0.25) is 14.5 Å². The normalized spacial score (nSPS) is 15.4. The van der Waals surface area contributed by atoms with E-state index in [4.69, 9.17) is 0 Å². The topological polar surface area (TPSA) is 49.4 Å². The highest BCUT2D eigenvalue weighted by atomic mass is 19.1. The third kappa shape index (κ3) is 5.47. The molecule has 0 radical (unpaired) electrons. The number of benzene rings is 2. The molecule has 0 aromatic heterocycles. The molecule has 0 saturated carbocycles. The van der Waals surface area contributed by atoms with Crippen LogP contribution in [0.15, 0.2) is 54.6 Å². The van der Waals surface area contributed by atoms with Crippen LogP contribution < -0.4 is 5.32 Å². The van der Waals surface area contributed by atoms with E-state index in [1.807, 2.05) is 18.2 Å². The second-order valence-electron chi connectivity index (χ2n) is 6.90. The van der Waals surface area contributed by atoms with Crippen molar-refractivity contribution >= 4 is 11.7 Å². The van der Waals surface area contributed by atoms with Crippen LogP contribution in [0, 0.1) is 5.82 Å². The first-order chi connectivity index (χ1) is 13.1. The molecule has 1 saturated heterocycles. The lowest BCUT2D eigenvalue weighted by molar-refractivity contribution is -0.121. The number of Topliss-reactive ketones (excluding diaryl/α,β-unsaturated/α-hetero) is 1. The Morgan fingerprint density at radius 3 is 2.30 bits per heavy atom. The smallest absolute Gasteiger partial charge is 0.220 e. The fourth-order valence-corrected chi connectivity index (χ4v) is 3.49. The van der Waals surface area contributed by atoms with Crippen molar-refractivity contribution in [2.75, 3.05) is 19.6 Å². The minimum absolute atomic E-state index is 0.122. The van der Waals surface area contributed by atoms with Crippen LogP contribution in [0.1, 0.15) is 47.6 Å². The molecule has 1 amide bonds. The quantitative estimate of drug-likeness (QED) is 0.722. The summed E-state index contributed by atoms with van der Waals surface area (Å²) in [6, 6.07) is 15.8. The number of hydrogen-bond acceptors (Lipinski definition) is 3. The number of hydrogen-bond donors (Lipinski definition) is 1. The Hall–Kier alpha value is -2.53. The van der Waals surface area contributed by atoms with Gasteiger partial charge in [0.05, 0.1) is 6.04 Å². The molecule has 1 aliphatic rings. The Kier molecular flexibility index (Phi) is 6.71. The summed E-state index contributed by atoms with van der Waals surface area (Å²) in [6.07, 6.45) is 2.63. The highest BCUT2D eigenvalue weighted by molar-refractivity contribution is 5.97. The first-order valence-corrected chi connectivity index (χ1v) is 9.48. The SMILES string of the molecule is O=C(CCC(=O)c1ccc(F)cc1)NCC(c1ccccc1)N1CCCC1. The molecular weight excluding hydrogens is 343 g/mol. The van der Waals surface area contributed by atoms with Crippen LogP contribution in [-0.4, -0.2) is 36.2 Å². The van der Waals surface area contributed by atoms with E-state index < -0.39 is 0 Å². The van der Waals surface area contributed by atoms with Crippen molar-refractivity contribution in [3.63, 3.8) is 0 Å². The molecule has 0 aliphatic carbocycles. The second-order valence-corrected chi connectivity index (χ2v) is 6.90. The summed E-state index contributed by atoms with van der Waals surface area (Å²) in [7, 11) is 0. The van der Waals surface area contributed by atoms with Gasteiger partial charge in [-0.2, -0.15) is 0 Å². The summed E-state index contributed by atoms with van der Waals surface area (Å²) in [5.74, 6) is -0.659. The molecule has 1 heterocycles. The van der Waals surface area contributed by atoms with Gasteiger partial charge in [0.25, 0.3) is 0 Å². The number of carbonyl (C=O) groups excluding carboxylic acids is 2. The number of carbonyl (C=O) groups is 2. The minimum Gasteiger partial charge on any atom is -0.354 e. The Balaban J connectivity index is 1.51. The fraction of sp³-hybridized carbons (Fsp3) is 0.364. The molecule has 3 rings (SSSR count). The first kappa shape index (κ1) is 19.2. The van der Waals surface area contributed by atoms with Gasteiger partial charge in [0.1, 0.15) is 5.82 Å². The molecule has 2 aromatic rings. The van der Waals surface area contributed by atoms with Gasteiger partial charge >= 0.3 is 0 Å². The van der Waals surface area contributed by atoms with E-state index in [2.05, 4.69) is 22.3 Å². The summed E-state index contributed by atoms with van der Waals surface area (Å²) in [5, 5.41) is 2.98. The van der Waals surface area contributed by atoms with E-state index in [0.29, 0.717) is 12.1 Å². The molecule has 4 nitrogen and oxygen atoms in total. The summed E-state index contributed by atoms with van der Waals surface area (Å²) >= 11 is 0. The average Bonchev–Trinajstić information content (AvgIpc) is 3.22. The number of halogens is 1. The number of likely N-dealkylation sites (tertiary alicyclic amines) is 1. The third-order valence-corrected chi connectivity index (χ3v) is 5.00. The van der Waals surface area contributed by atoms with E-state index in [-0.39, 0.29) is 36.4 Å². The third-order valence-electron chi connectivity index (χ3n) is 5.00. The lowest BCUT2D eigenvalue weighted by atomic mass is 10.0. The van der Waals surface area contributed by atoms with E-state index >= 15 is 0 Å². The average molecular weight is 368 g/mol. The van der Waals surface area contributed by atoms with Crippen molar-refractivity contribution in [1.82, 2.24) is 10.2 Å². The molecule has 1 unspecified atom stereocenters. The molecule has 1 N–H and O–H groups in total. The number of nitrogens with one attached hydrogen (secondary N) is 1. The van der Waals surface area contributed by atoms with Gasteiger partial charge in [-0.25, -0.2) is 4.39 Å². The zero-order valence-corrected chi connectivity index (χ0v) is 15.4. The fourth-order valence-electron chi connectivity index (χ4n) is 3.49. The predicted molar refractivity (Wildman–Crippen MR) is 103 cm³/mol. The molecular formula is C22H25FN2O2. The van der Waals surface area contributed by atoms with Crippen LogP contribution in [-0.2, 0) is 4.79 Å². The molecule has 5 heteroatoms. The minimum atomic E-state index is -0.377. The molecule has 1 aliphatic heterocycles. The monoisotopic (exact) mass is 368 g/mol. The molecule has 2 aromatic carbocycles. The Labute approximate surface area is 159 Å². The first-order valence-electron chi connectivity index (χ1n) is 9.48. The maximum Gasteiger partial charge on any atom is 0.220 e. The van der Waals surface area contributed by atoms with Crippen molar-refractivity contribution in [2.24, 2.45) is 0 Å². The second kappa shape index (κ2) is 9.42. The maximum atomic E-state index is 12.9. The lowest BCUT2D eigenvalue weighted by Gasteiger charge is -2.28. The Bertz CT molecular complexity index is 756. The maximum absolute atomic E-state index is 12.9. The van der Waals surface area contributed by atoms with E-state index in [1.54, 1.807) is 0 Å². The van der Waals surface area contributed by atoms with Gasteiger partial charge < -0.3 is 5.32 Å². The van der Waals surface area contributed by atoms with Gasteiger partial charge in [-0.05, 0) is 55.8 Å². The van der Waals surface area contributed by atoms with E-state index in [0.717, 1.165) is 13.1 Å². The van der Waals surface area contributed by atoms with Crippen molar-refractivity contribution in [1.29, 1.82) is 0 Å².